The van der Waals surface area contributed by atoms with Crippen LogP contribution in [0.5, 0.6) is 0 Å². The van der Waals surface area contributed by atoms with Crippen LogP contribution in [0, 0.1) is 5.41 Å². The van der Waals surface area contributed by atoms with Gasteiger partial charge in [0.1, 0.15) is 6.61 Å². The summed E-state index contributed by atoms with van der Waals surface area (Å²) in [6.45, 7) is 6.24. The number of hydrogen-bond acceptors (Lipinski definition) is 4. The summed E-state index contributed by atoms with van der Waals surface area (Å²) in [5.74, 6) is 0. The Morgan fingerprint density at radius 1 is 0.923 bits per heavy atom. The molecule has 2 aromatic rings. The molecule has 136 valence electrons. The summed E-state index contributed by atoms with van der Waals surface area (Å²) in [5, 5.41) is 8.44. The molecule has 26 heavy (non-hydrogen) atoms. The van der Waals surface area contributed by atoms with E-state index in [-0.39, 0.29) is 6.02 Å². The molecule has 0 aromatic heterocycles. The molecule has 2 aromatic carbocycles. The maximum absolute atomic E-state index is 8.44. The van der Waals surface area contributed by atoms with Crippen LogP contribution in [0.1, 0.15) is 11.1 Å². The molecule has 0 radical (unpaired) electrons. The predicted molar refractivity (Wildman–Crippen MR) is 102 cm³/mol. The summed E-state index contributed by atoms with van der Waals surface area (Å²) in [7, 11) is 0. The van der Waals surface area contributed by atoms with Crippen molar-refractivity contribution in [1.82, 2.24) is 9.80 Å². The lowest BCUT2D eigenvalue weighted by atomic mass is 9.97. The van der Waals surface area contributed by atoms with Gasteiger partial charge in [-0.15, -0.1) is 0 Å². The van der Waals surface area contributed by atoms with Crippen molar-refractivity contribution in [2.75, 3.05) is 39.5 Å². The zero-order valence-electron chi connectivity index (χ0n) is 15.0. The Morgan fingerprint density at radius 2 is 1.50 bits per heavy atom. The van der Waals surface area contributed by atoms with Crippen molar-refractivity contribution in [3.63, 3.8) is 0 Å². The predicted octanol–water partition coefficient (Wildman–Crippen LogP) is 2.95. The van der Waals surface area contributed by atoms with E-state index in [4.69, 9.17) is 14.9 Å². The molecule has 5 nitrogen and oxygen atoms in total. The van der Waals surface area contributed by atoms with E-state index in [9.17, 15) is 0 Å². The molecule has 1 saturated heterocycles. The molecule has 0 saturated carbocycles. The van der Waals surface area contributed by atoms with E-state index in [1.54, 1.807) is 0 Å². The van der Waals surface area contributed by atoms with E-state index in [0.717, 1.165) is 32.8 Å². The third-order valence-electron chi connectivity index (χ3n) is 5.08. The van der Waals surface area contributed by atoms with Crippen molar-refractivity contribution in [3.05, 3.63) is 59.7 Å². The summed E-state index contributed by atoms with van der Waals surface area (Å²) < 4.78 is 11.2. The Bertz CT molecular complexity index is 724. The molecule has 2 heterocycles. The SMILES string of the molecule is N=C(OCCN1CCOCC1)N1Cc2ccccc2-c2ccccc2C1. The third kappa shape index (κ3) is 3.74. The lowest BCUT2D eigenvalue weighted by Crippen LogP contribution is -2.39. The highest BCUT2D eigenvalue weighted by atomic mass is 16.5. The van der Waals surface area contributed by atoms with Gasteiger partial charge in [-0.25, -0.2) is 0 Å². The number of fused-ring (bicyclic) bond motifs is 3. The van der Waals surface area contributed by atoms with E-state index >= 15 is 0 Å². The van der Waals surface area contributed by atoms with Crippen LogP contribution in [0.15, 0.2) is 48.5 Å². The molecule has 2 aliphatic rings. The number of rotatable bonds is 3. The van der Waals surface area contributed by atoms with E-state index < -0.39 is 0 Å². The Morgan fingerprint density at radius 3 is 2.12 bits per heavy atom. The average molecular weight is 351 g/mol. The van der Waals surface area contributed by atoms with Crippen LogP contribution < -0.4 is 0 Å². The Balaban J connectivity index is 1.45. The first-order valence-corrected chi connectivity index (χ1v) is 9.24. The van der Waals surface area contributed by atoms with Gasteiger partial charge >= 0.3 is 0 Å². The molecule has 0 atom stereocenters. The number of morpholine rings is 1. The molecular weight excluding hydrogens is 326 g/mol. The summed E-state index contributed by atoms with van der Waals surface area (Å²) in [4.78, 5) is 4.34. The monoisotopic (exact) mass is 351 g/mol. The van der Waals surface area contributed by atoms with E-state index in [1.165, 1.54) is 22.3 Å². The Labute approximate surface area is 154 Å². The van der Waals surface area contributed by atoms with Crippen LogP contribution in [0.4, 0.5) is 0 Å². The van der Waals surface area contributed by atoms with Crippen LogP contribution >= 0.6 is 0 Å². The maximum Gasteiger partial charge on any atom is 0.285 e. The van der Waals surface area contributed by atoms with Crippen molar-refractivity contribution in [2.45, 2.75) is 13.1 Å². The normalized spacial score (nSPS) is 17.2. The van der Waals surface area contributed by atoms with Gasteiger partial charge in [0.25, 0.3) is 6.02 Å². The highest BCUT2D eigenvalue weighted by Gasteiger charge is 2.21. The fourth-order valence-corrected chi connectivity index (χ4v) is 3.64. The summed E-state index contributed by atoms with van der Waals surface area (Å²) in [5.41, 5.74) is 4.98. The van der Waals surface area contributed by atoms with Gasteiger partial charge in [0.15, 0.2) is 0 Å². The molecule has 0 amide bonds. The minimum atomic E-state index is 0.254. The van der Waals surface area contributed by atoms with Gasteiger partial charge in [-0.1, -0.05) is 48.5 Å². The minimum Gasteiger partial charge on any atom is -0.464 e. The molecule has 0 unspecified atom stereocenters. The highest BCUT2D eigenvalue weighted by Crippen LogP contribution is 2.32. The standard InChI is InChI=1S/C21H25N3O2/c22-21(26-14-11-23-9-12-25-13-10-23)24-15-17-5-1-3-7-19(17)20-8-4-2-6-18(20)16-24/h1-8,22H,9-16H2. The van der Waals surface area contributed by atoms with Gasteiger partial charge in [0, 0.05) is 32.7 Å². The van der Waals surface area contributed by atoms with Crippen molar-refractivity contribution >= 4 is 6.02 Å². The van der Waals surface area contributed by atoms with Crippen LogP contribution in [0.25, 0.3) is 11.1 Å². The topological polar surface area (TPSA) is 48.8 Å². The van der Waals surface area contributed by atoms with Crippen molar-refractivity contribution in [2.24, 2.45) is 0 Å². The lowest BCUT2D eigenvalue weighted by molar-refractivity contribution is 0.0300. The molecule has 4 rings (SSSR count). The van der Waals surface area contributed by atoms with Gasteiger partial charge in [-0.3, -0.25) is 10.3 Å². The summed E-state index contributed by atoms with van der Waals surface area (Å²) >= 11 is 0. The number of hydrogen-bond donors (Lipinski definition) is 1. The zero-order chi connectivity index (χ0) is 17.8. The molecule has 1 fully saturated rings. The van der Waals surface area contributed by atoms with Gasteiger partial charge in [-0.2, -0.15) is 0 Å². The molecule has 0 spiro atoms. The van der Waals surface area contributed by atoms with E-state index in [1.807, 2.05) is 4.90 Å². The first-order valence-electron chi connectivity index (χ1n) is 9.24. The molecular formula is C21H25N3O2. The van der Waals surface area contributed by atoms with Crippen molar-refractivity contribution in [3.8, 4) is 11.1 Å². The third-order valence-corrected chi connectivity index (χ3v) is 5.08. The van der Waals surface area contributed by atoms with Gasteiger partial charge < -0.3 is 14.4 Å². The minimum absolute atomic E-state index is 0.254. The molecule has 0 aliphatic carbocycles. The maximum atomic E-state index is 8.44. The van der Waals surface area contributed by atoms with Crippen LogP contribution in [0.2, 0.25) is 0 Å². The second kappa shape index (κ2) is 7.89. The average Bonchev–Trinajstić information content (AvgIpc) is 2.86. The van der Waals surface area contributed by atoms with Crippen LogP contribution in [-0.4, -0.2) is 55.3 Å². The smallest absolute Gasteiger partial charge is 0.285 e. The second-order valence-electron chi connectivity index (χ2n) is 6.78. The molecule has 2 aliphatic heterocycles. The Kier molecular flexibility index (Phi) is 5.18. The van der Waals surface area contributed by atoms with Gasteiger partial charge in [0.2, 0.25) is 0 Å². The largest absolute Gasteiger partial charge is 0.464 e. The van der Waals surface area contributed by atoms with Gasteiger partial charge in [-0.05, 0) is 22.3 Å². The zero-order valence-corrected chi connectivity index (χ0v) is 15.0. The first-order chi connectivity index (χ1) is 12.8. The van der Waals surface area contributed by atoms with E-state index in [2.05, 4.69) is 53.4 Å². The Hall–Kier alpha value is -2.37. The number of ether oxygens (including phenoxy) is 2. The fraction of sp³-hybridized carbons (Fsp3) is 0.381. The van der Waals surface area contributed by atoms with Crippen LogP contribution in [0.3, 0.4) is 0 Å². The quantitative estimate of drug-likeness (QED) is 0.682. The number of nitrogens with one attached hydrogen (secondary N) is 1. The molecule has 1 N–H and O–H groups in total. The highest BCUT2D eigenvalue weighted by molar-refractivity contribution is 5.76. The second-order valence-corrected chi connectivity index (χ2v) is 6.78. The fourth-order valence-electron chi connectivity index (χ4n) is 3.64. The number of nitrogens with zero attached hydrogens (tertiary/aromatic N) is 2. The van der Waals surface area contributed by atoms with Crippen molar-refractivity contribution in [1.29, 1.82) is 5.41 Å². The van der Waals surface area contributed by atoms with Crippen molar-refractivity contribution < 1.29 is 9.47 Å². The number of benzene rings is 2. The summed E-state index contributed by atoms with van der Waals surface area (Å²) in [6, 6.07) is 17.2. The lowest BCUT2D eigenvalue weighted by Gasteiger charge is -2.28. The van der Waals surface area contributed by atoms with Gasteiger partial charge in [0.05, 0.1) is 13.2 Å². The molecule has 5 heteroatoms. The molecule has 0 bridgehead atoms. The summed E-state index contributed by atoms with van der Waals surface area (Å²) in [6.07, 6.45) is 0. The number of amidine groups is 1. The first kappa shape index (κ1) is 17.1. The van der Waals surface area contributed by atoms with Crippen LogP contribution in [-0.2, 0) is 22.6 Å². The van der Waals surface area contributed by atoms with E-state index in [0.29, 0.717) is 19.7 Å².